The Morgan fingerprint density at radius 2 is 2.25 bits per heavy atom. The van der Waals surface area contributed by atoms with Crippen LogP contribution >= 0.6 is 11.8 Å². The first-order valence-corrected chi connectivity index (χ1v) is 7.71. The van der Waals surface area contributed by atoms with Gasteiger partial charge in [-0.25, -0.2) is 0 Å². The summed E-state index contributed by atoms with van der Waals surface area (Å²) < 4.78 is 0. The first-order chi connectivity index (χ1) is 9.49. The first-order valence-electron chi connectivity index (χ1n) is 6.56. The molecular weight excluding hydrogens is 278 g/mol. The number of phenols is 2. The van der Waals surface area contributed by atoms with Gasteiger partial charge in [-0.15, -0.1) is 0 Å². The summed E-state index contributed by atoms with van der Waals surface area (Å²) in [7, 11) is 0. The lowest BCUT2D eigenvalue weighted by atomic mass is 10.0. The third-order valence-corrected chi connectivity index (χ3v) is 4.74. The van der Waals surface area contributed by atoms with Crippen LogP contribution in [0.15, 0.2) is 18.2 Å². The highest BCUT2D eigenvalue weighted by atomic mass is 32.2. The summed E-state index contributed by atoms with van der Waals surface area (Å²) in [6.07, 6.45) is 0.107. The quantitative estimate of drug-likeness (QED) is 0.789. The van der Waals surface area contributed by atoms with Gasteiger partial charge in [0.05, 0.1) is 6.42 Å². The molecule has 1 fully saturated rings. The van der Waals surface area contributed by atoms with Crippen LogP contribution in [0.4, 0.5) is 0 Å². The Morgan fingerprint density at radius 1 is 1.50 bits per heavy atom. The van der Waals surface area contributed by atoms with Crippen molar-refractivity contribution in [3.8, 4) is 11.5 Å². The number of hydrogen-bond donors (Lipinski definition) is 3. The zero-order valence-electron chi connectivity index (χ0n) is 11.3. The Morgan fingerprint density at radius 3 is 2.90 bits per heavy atom. The number of aliphatic carboxylic acids is 1. The number of carboxylic acid groups (broad SMARTS) is 1. The molecular formula is C14H19NO4S. The molecule has 3 N–H and O–H groups in total. The second-order valence-electron chi connectivity index (χ2n) is 4.98. The van der Waals surface area contributed by atoms with E-state index in [1.165, 1.54) is 12.1 Å². The van der Waals surface area contributed by atoms with Crippen molar-refractivity contribution < 1.29 is 20.1 Å². The number of nitrogens with zero attached hydrogens (tertiary/aromatic N) is 1. The van der Waals surface area contributed by atoms with Gasteiger partial charge < -0.3 is 15.3 Å². The molecule has 2 atom stereocenters. The van der Waals surface area contributed by atoms with Gasteiger partial charge in [-0.1, -0.05) is 6.07 Å². The van der Waals surface area contributed by atoms with Crippen LogP contribution in [0.1, 0.15) is 24.9 Å². The molecule has 5 nitrogen and oxygen atoms in total. The van der Waals surface area contributed by atoms with Crippen molar-refractivity contribution in [3.05, 3.63) is 23.8 Å². The van der Waals surface area contributed by atoms with Crippen molar-refractivity contribution in [1.29, 1.82) is 0 Å². The van der Waals surface area contributed by atoms with Gasteiger partial charge in [-0.2, -0.15) is 11.8 Å². The molecule has 1 aromatic rings. The smallest absolute Gasteiger partial charge is 0.304 e. The summed E-state index contributed by atoms with van der Waals surface area (Å²) >= 11 is 1.76. The monoisotopic (exact) mass is 297 g/mol. The highest BCUT2D eigenvalue weighted by Gasteiger charge is 2.30. The molecule has 1 saturated heterocycles. The lowest BCUT2D eigenvalue weighted by Crippen LogP contribution is -2.44. The predicted octanol–water partition coefficient (Wildman–Crippen LogP) is 2.05. The minimum Gasteiger partial charge on any atom is -0.508 e. The van der Waals surface area contributed by atoms with Gasteiger partial charge in [-0.3, -0.25) is 9.69 Å². The number of benzene rings is 1. The fourth-order valence-corrected chi connectivity index (χ4v) is 3.71. The maximum Gasteiger partial charge on any atom is 0.304 e. The lowest BCUT2D eigenvalue weighted by Gasteiger charge is -2.39. The van der Waals surface area contributed by atoms with Crippen LogP contribution in [-0.4, -0.2) is 50.3 Å². The number of carbonyl (C=O) groups is 1. The van der Waals surface area contributed by atoms with Crippen LogP contribution < -0.4 is 0 Å². The molecule has 1 aliphatic rings. The summed E-state index contributed by atoms with van der Waals surface area (Å²) in [5.41, 5.74) is 0.713. The lowest BCUT2D eigenvalue weighted by molar-refractivity contribution is -0.138. The number of hydrogen-bond acceptors (Lipinski definition) is 5. The molecule has 2 rings (SSSR count). The topological polar surface area (TPSA) is 81.0 Å². The molecule has 6 heteroatoms. The zero-order valence-corrected chi connectivity index (χ0v) is 12.1. The second-order valence-corrected chi connectivity index (χ2v) is 6.13. The molecule has 0 saturated carbocycles. The van der Waals surface area contributed by atoms with Gasteiger partial charge >= 0.3 is 5.97 Å². The largest absolute Gasteiger partial charge is 0.508 e. The van der Waals surface area contributed by atoms with E-state index in [4.69, 9.17) is 5.11 Å². The van der Waals surface area contributed by atoms with Crippen LogP contribution in [0.5, 0.6) is 11.5 Å². The van der Waals surface area contributed by atoms with E-state index in [1.54, 1.807) is 17.8 Å². The van der Waals surface area contributed by atoms with Gasteiger partial charge in [0.25, 0.3) is 0 Å². The third kappa shape index (κ3) is 3.37. The molecule has 0 amide bonds. The first kappa shape index (κ1) is 15.0. The maximum atomic E-state index is 11.0. The normalized spacial score (nSPS) is 21.6. The summed E-state index contributed by atoms with van der Waals surface area (Å²) in [6, 6.07) is 4.43. The Hall–Kier alpha value is -1.40. The van der Waals surface area contributed by atoms with E-state index in [-0.39, 0.29) is 30.0 Å². The fourth-order valence-electron chi connectivity index (χ4n) is 2.62. The van der Waals surface area contributed by atoms with Gasteiger partial charge in [-0.05, 0) is 13.0 Å². The number of rotatable bonds is 4. The standard InChI is InChI=1S/C14H19NO4S/c1-9(12-3-2-11(16)7-13(12)17)15-4-5-20-8-10(15)6-14(18)19/h2-3,7,9-10,16-17H,4-6,8H2,1H3,(H,18,19). The van der Waals surface area contributed by atoms with Crippen LogP contribution in [-0.2, 0) is 4.79 Å². The van der Waals surface area contributed by atoms with Crippen molar-refractivity contribution >= 4 is 17.7 Å². The minimum atomic E-state index is -0.801. The summed E-state index contributed by atoms with van der Waals surface area (Å²) in [5.74, 6) is 1.01. The van der Waals surface area contributed by atoms with E-state index in [9.17, 15) is 15.0 Å². The van der Waals surface area contributed by atoms with E-state index >= 15 is 0 Å². The van der Waals surface area contributed by atoms with E-state index in [1.807, 2.05) is 6.92 Å². The molecule has 1 heterocycles. The van der Waals surface area contributed by atoms with Crippen LogP contribution in [0.25, 0.3) is 0 Å². The summed E-state index contributed by atoms with van der Waals surface area (Å²) in [6.45, 7) is 2.75. The Kier molecular flexibility index (Phi) is 4.77. The summed E-state index contributed by atoms with van der Waals surface area (Å²) in [5, 5.41) is 28.3. The molecule has 0 aliphatic carbocycles. The van der Waals surface area contributed by atoms with Crippen molar-refractivity contribution in [3.63, 3.8) is 0 Å². The highest BCUT2D eigenvalue weighted by molar-refractivity contribution is 7.99. The van der Waals surface area contributed by atoms with E-state index in [0.29, 0.717) is 5.56 Å². The van der Waals surface area contributed by atoms with Gasteiger partial charge in [0.2, 0.25) is 0 Å². The van der Waals surface area contributed by atoms with Crippen molar-refractivity contribution in [1.82, 2.24) is 4.90 Å². The summed E-state index contributed by atoms with van der Waals surface area (Å²) in [4.78, 5) is 13.1. The average molecular weight is 297 g/mol. The van der Waals surface area contributed by atoms with Crippen LogP contribution in [0.2, 0.25) is 0 Å². The number of phenolic OH excluding ortho intramolecular Hbond substituents is 2. The highest BCUT2D eigenvalue weighted by Crippen LogP contribution is 2.34. The second kappa shape index (κ2) is 6.37. The molecule has 2 unspecified atom stereocenters. The van der Waals surface area contributed by atoms with E-state index < -0.39 is 5.97 Å². The van der Waals surface area contributed by atoms with Crippen LogP contribution in [0.3, 0.4) is 0 Å². The van der Waals surface area contributed by atoms with Gasteiger partial charge in [0.15, 0.2) is 0 Å². The molecule has 20 heavy (non-hydrogen) atoms. The molecule has 0 radical (unpaired) electrons. The van der Waals surface area contributed by atoms with E-state index in [2.05, 4.69) is 4.90 Å². The van der Waals surface area contributed by atoms with Gasteiger partial charge in [0.1, 0.15) is 11.5 Å². The third-order valence-electron chi connectivity index (χ3n) is 3.64. The van der Waals surface area contributed by atoms with Gasteiger partial charge in [0, 0.05) is 41.8 Å². The molecule has 0 spiro atoms. The maximum absolute atomic E-state index is 11.0. The Labute approximate surface area is 122 Å². The average Bonchev–Trinajstić information content (AvgIpc) is 2.38. The van der Waals surface area contributed by atoms with E-state index in [0.717, 1.165) is 18.1 Å². The molecule has 0 bridgehead atoms. The Bertz CT molecular complexity index is 494. The molecule has 0 aromatic heterocycles. The van der Waals surface area contributed by atoms with Crippen molar-refractivity contribution in [2.45, 2.75) is 25.4 Å². The number of aromatic hydroxyl groups is 2. The SMILES string of the molecule is CC(c1ccc(O)cc1O)N1CCSCC1CC(=O)O. The molecule has 110 valence electrons. The number of thioether (sulfide) groups is 1. The van der Waals surface area contributed by atoms with Crippen molar-refractivity contribution in [2.24, 2.45) is 0 Å². The fraction of sp³-hybridized carbons (Fsp3) is 0.500. The number of carboxylic acids is 1. The van der Waals surface area contributed by atoms with Crippen molar-refractivity contribution in [2.75, 3.05) is 18.1 Å². The predicted molar refractivity (Wildman–Crippen MR) is 78.3 cm³/mol. The molecule has 1 aromatic carbocycles. The minimum absolute atomic E-state index is 0.0229. The van der Waals surface area contributed by atoms with Crippen LogP contribution in [0, 0.1) is 0 Å². The molecule has 1 aliphatic heterocycles. The Balaban J connectivity index is 2.20. The zero-order chi connectivity index (χ0) is 14.7.